The van der Waals surface area contributed by atoms with Gasteiger partial charge in [0.2, 0.25) is 5.91 Å². The molecule has 3 aromatic rings. The van der Waals surface area contributed by atoms with Crippen LogP contribution in [0.3, 0.4) is 0 Å². The average Bonchev–Trinajstić information content (AvgIpc) is 2.75. The third-order valence-electron chi connectivity index (χ3n) is 4.66. The normalized spacial score (nSPS) is 11.2. The van der Waals surface area contributed by atoms with Crippen LogP contribution in [-0.4, -0.2) is 14.3 Å². The number of hydroxylamine groups is 1. The fraction of sp³-hybridized carbons (Fsp3) is 0.136. The minimum absolute atomic E-state index is 0.0102. The summed E-state index contributed by atoms with van der Waals surface area (Å²) in [5.74, 6) is -1.19. The van der Waals surface area contributed by atoms with Gasteiger partial charge < -0.3 is 10.7 Å². The van der Waals surface area contributed by atoms with Crippen molar-refractivity contribution in [2.45, 2.75) is 24.8 Å². The van der Waals surface area contributed by atoms with Gasteiger partial charge in [-0.25, -0.2) is 12.8 Å². The first-order valence-electron chi connectivity index (χ1n) is 9.24. The van der Waals surface area contributed by atoms with Crippen molar-refractivity contribution < 1.29 is 17.6 Å². The van der Waals surface area contributed by atoms with Gasteiger partial charge in [0, 0.05) is 5.02 Å². The Labute approximate surface area is 184 Å². The summed E-state index contributed by atoms with van der Waals surface area (Å²) < 4.78 is 41.8. The van der Waals surface area contributed by atoms with E-state index >= 15 is 0 Å². The van der Waals surface area contributed by atoms with Crippen molar-refractivity contribution >= 4 is 33.2 Å². The maximum Gasteiger partial charge on any atom is 0.264 e. The van der Waals surface area contributed by atoms with Crippen molar-refractivity contribution in [3.8, 4) is 0 Å². The van der Waals surface area contributed by atoms with Crippen LogP contribution in [0, 0.1) is 17.9 Å². The van der Waals surface area contributed by atoms with Crippen LogP contribution in [0.15, 0.2) is 71.6 Å². The zero-order chi connectivity index (χ0) is 22.6. The lowest BCUT2D eigenvalue weighted by molar-refractivity contribution is -0.119. The number of rotatable bonds is 7. The Morgan fingerprint density at radius 2 is 1.65 bits per heavy atom. The van der Waals surface area contributed by atoms with Crippen molar-refractivity contribution in [1.29, 1.82) is 0 Å². The van der Waals surface area contributed by atoms with Crippen LogP contribution in [0.1, 0.15) is 16.7 Å². The Hall–Kier alpha value is -2.94. The van der Waals surface area contributed by atoms with Gasteiger partial charge in [0.05, 0.1) is 23.5 Å². The van der Waals surface area contributed by atoms with Gasteiger partial charge in [-0.1, -0.05) is 35.9 Å². The number of nitrogens with one attached hydrogen (secondary N) is 1. The number of benzene rings is 3. The van der Waals surface area contributed by atoms with Gasteiger partial charge in [0.1, 0.15) is 5.82 Å². The topological polar surface area (TPSA) is 89.5 Å². The average molecular weight is 462 g/mol. The number of carbonyl (C=O) groups excluding carboxylic acids is 1. The van der Waals surface area contributed by atoms with E-state index < -0.39 is 21.7 Å². The fourth-order valence-corrected chi connectivity index (χ4v) is 4.64. The largest absolute Gasteiger partial charge is 0.759 e. The Morgan fingerprint density at radius 3 is 2.23 bits per heavy atom. The van der Waals surface area contributed by atoms with Crippen LogP contribution in [0.2, 0.25) is 5.02 Å². The summed E-state index contributed by atoms with van der Waals surface area (Å²) in [6.45, 7) is 1.50. The maximum absolute atomic E-state index is 13.7. The Kier molecular flexibility index (Phi) is 6.94. The van der Waals surface area contributed by atoms with Gasteiger partial charge in [0.15, 0.2) is 0 Å². The summed E-state index contributed by atoms with van der Waals surface area (Å²) in [4.78, 5) is 11.3. The predicted molar refractivity (Wildman–Crippen MR) is 118 cm³/mol. The molecule has 0 aliphatic rings. The SMILES string of the molecule is Cc1cc(S(=O)(=O)N(Cc2ccc(Cl)cc2)c2ccc(CC(=O)N[O-])cc2)ccc1F. The number of nitrogens with zero attached hydrogens (tertiary/aromatic N) is 1. The van der Waals surface area contributed by atoms with Crippen LogP contribution in [0.5, 0.6) is 0 Å². The van der Waals surface area contributed by atoms with Crippen LogP contribution in [0.4, 0.5) is 10.1 Å². The van der Waals surface area contributed by atoms with Gasteiger partial charge >= 0.3 is 0 Å². The van der Waals surface area contributed by atoms with E-state index in [-0.39, 0.29) is 23.4 Å². The number of anilines is 1. The molecule has 0 aliphatic carbocycles. The first-order valence-corrected chi connectivity index (χ1v) is 11.1. The molecule has 0 spiro atoms. The molecule has 0 bridgehead atoms. The number of halogens is 2. The highest BCUT2D eigenvalue weighted by molar-refractivity contribution is 7.92. The van der Waals surface area contributed by atoms with Crippen LogP contribution in [-0.2, 0) is 27.8 Å². The van der Waals surface area contributed by atoms with Crippen molar-refractivity contribution in [2.75, 3.05) is 4.31 Å². The number of sulfonamides is 1. The lowest BCUT2D eigenvalue weighted by Crippen LogP contribution is -2.30. The number of carbonyl (C=O) groups is 1. The lowest BCUT2D eigenvalue weighted by atomic mass is 10.1. The first-order chi connectivity index (χ1) is 14.7. The van der Waals surface area contributed by atoms with Gasteiger partial charge in [0.25, 0.3) is 10.0 Å². The van der Waals surface area contributed by atoms with E-state index in [0.29, 0.717) is 21.8 Å². The standard InChI is InChI=1S/C22H19ClFN2O4S/c1-15-12-20(10-11-21(15)24)31(29,30)26(14-17-2-6-18(23)7-3-17)19-8-4-16(5-9-19)13-22(27)25-28/h2-12H,13-14H2,1H3,(H-,25,27,28)/q-1. The Morgan fingerprint density at radius 1 is 1.03 bits per heavy atom. The smallest absolute Gasteiger partial charge is 0.264 e. The predicted octanol–water partition coefficient (Wildman–Crippen LogP) is 4.34. The molecule has 0 radical (unpaired) electrons. The molecule has 162 valence electrons. The molecule has 31 heavy (non-hydrogen) atoms. The molecule has 0 fully saturated rings. The second kappa shape index (κ2) is 9.47. The number of hydrogen-bond donors (Lipinski definition) is 1. The van der Waals surface area contributed by atoms with Crippen LogP contribution >= 0.6 is 11.6 Å². The fourth-order valence-electron chi connectivity index (χ4n) is 2.98. The summed E-state index contributed by atoms with van der Waals surface area (Å²) in [6, 6.07) is 16.6. The highest BCUT2D eigenvalue weighted by Crippen LogP contribution is 2.28. The van der Waals surface area contributed by atoms with Gasteiger partial charge in [-0.15, -0.1) is 0 Å². The molecule has 0 aromatic heterocycles. The van der Waals surface area contributed by atoms with Crippen molar-refractivity contribution in [3.05, 3.63) is 99.5 Å². The van der Waals surface area contributed by atoms with Gasteiger partial charge in [-0.3, -0.25) is 9.10 Å². The van der Waals surface area contributed by atoms with E-state index in [1.807, 2.05) is 0 Å². The van der Waals surface area contributed by atoms with Crippen LogP contribution in [0.25, 0.3) is 0 Å². The molecular formula is C22H19ClFN2O4S-. The number of aryl methyl sites for hydroxylation is 1. The molecule has 0 atom stereocenters. The molecule has 0 saturated carbocycles. The van der Waals surface area contributed by atoms with E-state index in [1.165, 1.54) is 28.8 Å². The van der Waals surface area contributed by atoms with Crippen molar-refractivity contribution in [3.63, 3.8) is 0 Å². The Bertz CT molecular complexity index is 1180. The third-order valence-corrected chi connectivity index (χ3v) is 6.68. The Balaban J connectivity index is 2.02. The molecule has 0 aliphatic heterocycles. The number of amides is 1. The van der Waals surface area contributed by atoms with Crippen LogP contribution < -0.4 is 9.79 Å². The monoisotopic (exact) mass is 461 g/mol. The first kappa shape index (κ1) is 22.7. The molecule has 1 amide bonds. The van der Waals surface area contributed by atoms with E-state index in [4.69, 9.17) is 11.6 Å². The second-order valence-electron chi connectivity index (χ2n) is 6.92. The second-order valence-corrected chi connectivity index (χ2v) is 9.22. The summed E-state index contributed by atoms with van der Waals surface area (Å²) in [5.41, 5.74) is 3.12. The van der Waals surface area contributed by atoms with E-state index in [0.717, 1.165) is 6.07 Å². The number of hydrogen-bond acceptors (Lipinski definition) is 4. The van der Waals surface area contributed by atoms with Gasteiger partial charge in [-0.05, 0) is 66.1 Å². The molecule has 9 heteroatoms. The van der Waals surface area contributed by atoms with Crippen molar-refractivity contribution in [2.24, 2.45) is 0 Å². The molecule has 3 aromatic carbocycles. The highest BCUT2D eigenvalue weighted by Gasteiger charge is 2.26. The molecule has 1 N–H and O–H groups in total. The summed E-state index contributed by atoms with van der Waals surface area (Å²) >= 11 is 5.93. The van der Waals surface area contributed by atoms with Crippen molar-refractivity contribution in [1.82, 2.24) is 5.48 Å². The minimum Gasteiger partial charge on any atom is -0.759 e. The molecule has 0 saturated heterocycles. The zero-order valence-corrected chi connectivity index (χ0v) is 18.1. The maximum atomic E-state index is 13.7. The van der Waals surface area contributed by atoms with E-state index in [9.17, 15) is 22.8 Å². The lowest BCUT2D eigenvalue weighted by Gasteiger charge is -2.25. The van der Waals surface area contributed by atoms with Gasteiger partial charge in [-0.2, -0.15) is 0 Å². The molecular weight excluding hydrogens is 443 g/mol. The third kappa shape index (κ3) is 5.41. The summed E-state index contributed by atoms with van der Waals surface area (Å²) in [6.07, 6.45) is -0.120. The van der Waals surface area contributed by atoms with E-state index in [2.05, 4.69) is 0 Å². The van der Waals surface area contributed by atoms with E-state index in [1.54, 1.807) is 48.5 Å². The molecule has 0 unspecified atom stereocenters. The quantitative estimate of drug-likeness (QED) is 0.530. The summed E-state index contributed by atoms with van der Waals surface area (Å²) in [5, 5.41) is 11.0. The molecule has 3 rings (SSSR count). The molecule has 0 heterocycles. The molecule has 6 nitrogen and oxygen atoms in total. The minimum atomic E-state index is -4.04. The highest BCUT2D eigenvalue weighted by atomic mass is 35.5. The summed E-state index contributed by atoms with van der Waals surface area (Å²) in [7, 11) is -4.04. The zero-order valence-electron chi connectivity index (χ0n) is 16.5.